The van der Waals surface area contributed by atoms with Gasteiger partial charge in [0.15, 0.2) is 0 Å². The Hall–Kier alpha value is -1.42. The van der Waals surface area contributed by atoms with Crippen LogP contribution >= 0.6 is 11.6 Å². The van der Waals surface area contributed by atoms with Gasteiger partial charge in [0.05, 0.1) is 16.3 Å². The van der Waals surface area contributed by atoms with Crippen LogP contribution in [0.5, 0.6) is 0 Å². The fourth-order valence-corrected chi connectivity index (χ4v) is 2.07. The van der Waals surface area contributed by atoms with Crippen LogP contribution in [0, 0.1) is 0 Å². The predicted molar refractivity (Wildman–Crippen MR) is 72.6 cm³/mol. The molecule has 1 amide bonds. The van der Waals surface area contributed by atoms with Crippen LogP contribution in [-0.4, -0.2) is 19.5 Å². The summed E-state index contributed by atoms with van der Waals surface area (Å²) in [5.74, 6) is -0.516. The van der Waals surface area contributed by atoms with E-state index in [1.807, 2.05) is 11.9 Å². The number of nitrogens with zero attached hydrogens (tertiary/aromatic N) is 1. The number of unbranched alkanes of at least 4 members (excludes halogenated alkanes) is 1. The third-order valence-electron chi connectivity index (χ3n) is 2.58. The number of nitrogen functional groups attached to an aromatic ring is 1. The zero-order valence-electron chi connectivity index (χ0n) is 10.2. The van der Waals surface area contributed by atoms with Gasteiger partial charge in [-0.05, 0) is 18.6 Å². The summed E-state index contributed by atoms with van der Waals surface area (Å²) in [5.41, 5.74) is 12.5. The molecule has 0 aliphatic carbocycles. The SMILES string of the molecule is CCCCN(C)c1c(Cl)cc(N)cc1C(N)=O. The number of carbonyl (C=O) groups is 1. The first-order valence-corrected chi connectivity index (χ1v) is 5.95. The molecule has 0 unspecified atom stereocenters. The average Bonchev–Trinajstić information content (AvgIpc) is 2.24. The molecule has 0 aliphatic heterocycles. The van der Waals surface area contributed by atoms with E-state index >= 15 is 0 Å². The number of halogens is 1. The van der Waals surface area contributed by atoms with Gasteiger partial charge in [-0.15, -0.1) is 0 Å². The van der Waals surface area contributed by atoms with Crippen molar-refractivity contribution in [1.82, 2.24) is 0 Å². The molecule has 0 aromatic heterocycles. The summed E-state index contributed by atoms with van der Waals surface area (Å²) < 4.78 is 0. The molecule has 1 rings (SSSR count). The number of hydrogen-bond donors (Lipinski definition) is 2. The van der Waals surface area contributed by atoms with Crippen molar-refractivity contribution in [2.75, 3.05) is 24.2 Å². The molecular formula is C12H18ClN3O. The second kappa shape index (κ2) is 5.77. The summed E-state index contributed by atoms with van der Waals surface area (Å²) in [6, 6.07) is 3.19. The van der Waals surface area contributed by atoms with Crippen molar-refractivity contribution in [3.05, 3.63) is 22.7 Å². The molecule has 94 valence electrons. The van der Waals surface area contributed by atoms with Crippen molar-refractivity contribution in [3.8, 4) is 0 Å². The zero-order valence-corrected chi connectivity index (χ0v) is 10.9. The highest BCUT2D eigenvalue weighted by atomic mass is 35.5. The van der Waals surface area contributed by atoms with Gasteiger partial charge in [-0.2, -0.15) is 0 Å². The first kappa shape index (κ1) is 13.6. The van der Waals surface area contributed by atoms with E-state index in [0.717, 1.165) is 19.4 Å². The third-order valence-corrected chi connectivity index (χ3v) is 2.87. The summed E-state index contributed by atoms with van der Waals surface area (Å²) in [4.78, 5) is 13.3. The number of amides is 1. The van der Waals surface area contributed by atoms with Gasteiger partial charge < -0.3 is 16.4 Å². The minimum absolute atomic E-state index is 0.369. The molecule has 0 bridgehead atoms. The molecule has 0 spiro atoms. The normalized spacial score (nSPS) is 10.3. The topological polar surface area (TPSA) is 72.3 Å². The second-order valence-electron chi connectivity index (χ2n) is 4.04. The highest BCUT2D eigenvalue weighted by Crippen LogP contribution is 2.31. The van der Waals surface area contributed by atoms with Crippen molar-refractivity contribution in [1.29, 1.82) is 0 Å². The van der Waals surface area contributed by atoms with Gasteiger partial charge in [0.25, 0.3) is 5.91 Å². The van der Waals surface area contributed by atoms with E-state index in [1.165, 1.54) is 0 Å². The molecule has 0 radical (unpaired) electrons. The Kier molecular flexibility index (Phi) is 4.63. The average molecular weight is 256 g/mol. The lowest BCUT2D eigenvalue weighted by molar-refractivity contribution is 0.100. The van der Waals surface area contributed by atoms with Gasteiger partial charge in [0.2, 0.25) is 0 Å². The standard InChI is InChI=1S/C12H18ClN3O/c1-3-4-5-16(2)11-9(12(15)17)6-8(14)7-10(11)13/h6-7H,3-5,14H2,1-2H3,(H2,15,17). The summed E-state index contributed by atoms with van der Waals surface area (Å²) in [5, 5.41) is 0.456. The fraction of sp³-hybridized carbons (Fsp3) is 0.417. The van der Waals surface area contributed by atoms with Crippen molar-refractivity contribution in [3.63, 3.8) is 0 Å². The number of anilines is 2. The first-order valence-electron chi connectivity index (χ1n) is 5.57. The van der Waals surface area contributed by atoms with Crippen LogP contribution in [0.4, 0.5) is 11.4 Å². The second-order valence-corrected chi connectivity index (χ2v) is 4.45. The monoisotopic (exact) mass is 255 g/mol. The molecule has 0 fully saturated rings. The minimum atomic E-state index is -0.516. The Morgan fingerprint density at radius 1 is 1.47 bits per heavy atom. The molecule has 0 atom stereocenters. The molecule has 1 aromatic carbocycles. The first-order chi connectivity index (χ1) is 7.97. The third kappa shape index (κ3) is 3.27. The van der Waals surface area contributed by atoms with E-state index in [1.54, 1.807) is 12.1 Å². The van der Waals surface area contributed by atoms with E-state index in [2.05, 4.69) is 6.92 Å². The Labute approximate surface area is 107 Å². The Balaban J connectivity index is 3.16. The van der Waals surface area contributed by atoms with Crippen molar-refractivity contribution >= 4 is 28.9 Å². The lowest BCUT2D eigenvalue weighted by atomic mass is 10.1. The van der Waals surface area contributed by atoms with Crippen LogP contribution in [-0.2, 0) is 0 Å². The molecular weight excluding hydrogens is 238 g/mol. The Morgan fingerprint density at radius 2 is 2.12 bits per heavy atom. The highest BCUT2D eigenvalue weighted by Gasteiger charge is 2.16. The maximum absolute atomic E-state index is 11.4. The number of hydrogen-bond acceptors (Lipinski definition) is 3. The lowest BCUT2D eigenvalue weighted by Crippen LogP contribution is -2.24. The van der Waals surface area contributed by atoms with Crippen LogP contribution in [0.1, 0.15) is 30.1 Å². The van der Waals surface area contributed by atoms with Crippen molar-refractivity contribution in [2.45, 2.75) is 19.8 Å². The Bertz CT molecular complexity index is 420. The predicted octanol–water partition coefficient (Wildman–Crippen LogP) is 2.26. The number of carbonyl (C=O) groups excluding carboxylic acids is 1. The fourth-order valence-electron chi connectivity index (χ4n) is 1.70. The van der Waals surface area contributed by atoms with Gasteiger partial charge in [0, 0.05) is 19.3 Å². The Morgan fingerprint density at radius 3 is 2.65 bits per heavy atom. The van der Waals surface area contributed by atoms with Crippen LogP contribution in [0.3, 0.4) is 0 Å². The van der Waals surface area contributed by atoms with Crippen LogP contribution in [0.15, 0.2) is 12.1 Å². The quantitative estimate of drug-likeness (QED) is 0.793. The summed E-state index contributed by atoms with van der Waals surface area (Å²) in [6.07, 6.45) is 2.10. The van der Waals surface area contributed by atoms with E-state index in [0.29, 0.717) is 22.0 Å². The largest absolute Gasteiger partial charge is 0.399 e. The summed E-state index contributed by atoms with van der Waals surface area (Å²) >= 11 is 6.12. The van der Waals surface area contributed by atoms with Crippen LogP contribution in [0.2, 0.25) is 5.02 Å². The molecule has 0 saturated carbocycles. The van der Waals surface area contributed by atoms with E-state index in [9.17, 15) is 4.79 Å². The highest BCUT2D eigenvalue weighted by molar-refractivity contribution is 6.34. The molecule has 4 nitrogen and oxygen atoms in total. The van der Waals surface area contributed by atoms with E-state index in [4.69, 9.17) is 23.1 Å². The maximum atomic E-state index is 11.4. The van der Waals surface area contributed by atoms with Gasteiger partial charge in [-0.3, -0.25) is 4.79 Å². The van der Waals surface area contributed by atoms with E-state index in [-0.39, 0.29) is 0 Å². The number of rotatable bonds is 5. The smallest absolute Gasteiger partial charge is 0.250 e. The molecule has 5 heteroatoms. The van der Waals surface area contributed by atoms with Crippen LogP contribution < -0.4 is 16.4 Å². The lowest BCUT2D eigenvalue weighted by Gasteiger charge is -2.23. The van der Waals surface area contributed by atoms with Gasteiger partial charge in [0.1, 0.15) is 0 Å². The zero-order chi connectivity index (χ0) is 13.0. The minimum Gasteiger partial charge on any atom is -0.399 e. The van der Waals surface area contributed by atoms with Gasteiger partial charge in [-0.25, -0.2) is 0 Å². The molecule has 0 aliphatic rings. The molecule has 0 heterocycles. The van der Waals surface area contributed by atoms with Gasteiger partial charge >= 0.3 is 0 Å². The van der Waals surface area contributed by atoms with Crippen molar-refractivity contribution in [2.24, 2.45) is 5.73 Å². The maximum Gasteiger partial charge on any atom is 0.250 e. The van der Waals surface area contributed by atoms with Crippen LogP contribution in [0.25, 0.3) is 0 Å². The molecule has 1 aromatic rings. The molecule has 0 saturated heterocycles. The number of nitrogens with two attached hydrogens (primary N) is 2. The summed E-state index contributed by atoms with van der Waals surface area (Å²) in [6.45, 7) is 2.92. The van der Waals surface area contributed by atoms with Crippen molar-refractivity contribution < 1.29 is 4.79 Å². The number of benzene rings is 1. The van der Waals surface area contributed by atoms with E-state index < -0.39 is 5.91 Å². The molecule has 17 heavy (non-hydrogen) atoms. The summed E-state index contributed by atoms with van der Waals surface area (Å²) in [7, 11) is 1.89. The number of primary amides is 1. The van der Waals surface area contributed by atoms with Gasteiger partial charge in [-0.1, -0.05) is 24.9 Å². The molecule has 4 N–H and O–H groups in total.